The van der Waals surface area contributed by atoms with E-state index in [-0.39, 0.29) is 11.6 Å². The van der Waals surface area contributed by atoms with Crippen molar-refractivity contribution in [3.8, 4) is 0 Å². The number of hydrogen-bond donors (Lipinski definition) is 2. The number of carbonyl (C=O) groups excluding carboxylic acids is 1. The zero-order chi connectivity index (χ0) is 12.8. The van der Waals surface area contributed by atoms with E-state index in [9.17, 15) is 4.79 Å². The lowest BCUT2D eigenvalue weighted by atomic mass is 10.1. The molecule has 0 aliphatic carbocycles. The number of alkyl carbamates (subject to hydrolysis) is 1. The van der Waals surface area contributed by atoms with Crippen LogP contribution < -0.4 is 10.6 Å². The topological polar surface area (TPSA) is 50.4 Å². The van der Waals surface area contributed by atoms with Crippen molar-refractivity contribution in [1.82, 2.24) is 10.6 Å². The van der Waals surface area contributed by atoms with Gasteiger partial charge in [-0.05, 0) is 54.5 Å². The molecule has 0 unspecified atom stereocenters. The van der Waals surface area contributed by atoms with Gasteiger partial charge in [0, 0.05) is 12.1 Å². The van der Waals surface area contributed by atoms with Crippen LogP contribution in [0.4, 0.5) is 4.79 Å². The van der Waals surface area contributed by atoms with E-state index in [1.54, 1.807) is 0 Å². The van der Waals surface area contributed by atoms with Crippen LogP contribution >= 0.6 is 0 Å². The average Bonchev–Trinajstić information content (AvgIpc) is 1.97. The summed E-state index contributed by atoms with van der Waals surface area (Å²) in [7, 11) is 0. The van der Waals surface area contributed by atoms with Crippen molar-refractivity contribution in [2.45, 2.75) is 59.1 Å². The Bertz CT molecular complexity index is 214. The summed E-state index contributed by atoms with van der Waals surface area (Å²) in [6, 6.07) is 0. The summed E-state index contributed by atoms with van der Waals surface area (Å²) in [5.41, 5.74) is -0.292. The van der Waals surface area contributed by atoms with Gasteiger partial charge in [0.15, 0.2) is 0 Å². The van der Waals surface area contributed by atoms with Crippen molar-refractivity contribution in [3.05, 3.63) is 0 Å². The van der Waals surface area contributed by atoms with Crippen LogP contribution in [-0.2, 0) is 4.74 Å². The second-order valence-electron chi connectivity index (χ2n) is 5.96. The highest BCUT2D eigenvalue weighted by atomic mass is 16.6. The molecule has 2 N–H and O–H groups in total. The lowest BCUT2D eigenvalue weighted by Crippen LogP contribution is -2.38. The van der Waals surface area contributed by atoms with Gasteiger partial charge in [0.05, 0.1) is 0 Å². The summed E-state index contributed by atoms with van der Waals surface area (Å²) in [6.45, 7) is 13.4. The van der Waals surface area contributed by atoms with E-state index in [1.165, 1.54) is 0 Å². The molecule has 0 aliphatic rings. The fourth-order valence-electron chi connectivity index (χ4n) is 1.06. The van der Waals surface area contributed by atoms with Gasteiger partial charge in [0.2, 0.25) is 0 Å². The summed E-state index contributed by atoms with van der Waals surface area (Å²) < 4.78 is 5.11. The zero-order valence-corrected chi connectivity index (χ0v) is 11.4. The number of hydrogen-bond acceptors (Lipinski definition) is 3. The van der Waals surface area contributed by atoms with Crippen LogP contribution in [-0.4, -0.2) is 30.3 Å². The van der Waals surface area contributed by atoms with Crippen molar-refractivity contribution in [3.63, 3.8) is 0 Å². The monoisotopic (exact) mass is 230 g/mol. The molecule has 0 aromatic carbocycles. The van der Waals surface area contributed by atoms with E-state index in [2.05, 4.69) is 31.4 Å². The van der Waals surface area contributed by atoms with Gasteiger partial charge in [-0.3, -0.25) is 0 Å². The Kier molecular flexibility index (Phi) is 5.79. The minimum absolute atomic E-state index is 0.131. The van der Waals surface area contributed by atoms with E-state index in [4.69, 9.17) is 4.74 Å². The molecule has 4 nitrogen and oxygen atoms in total. The number of nitrogens with one attached hydrogen (secondary N) is 2. The van der Waals surface area contributed by atoms with Crippen molar-refractivity contribution in [2.75, 3.05) is 13.1 Å². The maximum absolute atomic E-state index is 11.3. The first-order valence-electron chi connectivity index (χ1n) is 5.82. The molecule has 0 saturated heterocycles. The SMILES string of the molecule is CC(C)(C)NCCCNC(=O)OC(C)(C)C. The lowest BCUT2D eigenvalue weighted by molar-refractivity contribution is 0.0527. The Balaban J connectivity index is 3.50. The van der Waals surface area contributed by atoms with Crippen molar-refractivity contribution in [1.29, 1.82) is 0 Å². The molecule has 4 heteroatoms. The van der Waals surface area contributed by atoms with Gasteiger partial charge in [0.25, 0.3) is 0 Å². The highest BCUT2D eigenvalue weighted by molar-refractivity contribution is 5.67. The highest BCUT2D eigenvalue weighted by Crippen LogP contribution is 2.06. The predicted molar refractivity (Wildman–Crippen MR) is 66.6 cm³/mol. The molecule has 96 valence electrons. The molecule has 0 bridgehead atoms. The van der Waals surface area contributed by atoms with E-state index >= 15 is 0 Å². The molecule has 16 heavy (non-hydrogen) atoms. The van der Waals surface area contributed by atoms with E-state index in [0.717, 1.165) is 13.0 Å². The summed E-state index contributed by atoms with van der Waals surface area (Å²) in [5.74, 6) is 0. The quantitative estimate of drug-likeness (QED) is 0.729. The van der Waals surface area contributed by atoms with Crippen LogP contribution in [0, 0.1) is 0 Å². The minimum Gasteiger partial charge on any atom is -0.444 e. The number of ether oxygens (including phenoxy) is 1. The summed E-state index contributed by atoms with van der Waals surface area (Å²) in [5, 5.41) is 6.08. The van der Waals surface area contributed by atoms with Gasteiger partial charge in [-0.1, -0.05) is 0 Å². The normalized spacial score (nSPS) is 12.4. The first kappa shape index (κ1) is 15.2. The first-order valence-corrected chi connectivity index (χ1v) is 5.82. The zero-order valence-electron chi connectivity index (χ0n) is 11.4. The molecule has 0 atom stereocenters. The number of carbonyl (C=O) groups is 1. The Labute approximate surface area is 99.1 Å². The lowest BCUT2D eigenvalue weighted by Gasteiger charge is -2.21. The maximum Gasteiger partial charge on any atom is 0.407 e. The molecule has 0 fully saturated rings. The standard InChI is InChI=1S/C12H26N2O2/c1-11(2,3)14-9-7-8-13-10(15)16-12(4,5)6/h14H,7-9H2,1-6H3,(H,13,15). The molecule has 0 aromatic heterocycles. The van der Waals surface area contributed by atoms with Gasteiger partial charge in [-0.2, -0.15) is 0 Å². The molecule has 0 rings (SSSR count). The minimum atomic E-state index is -0.423. The van der Waals surface area contributed by atoms with Crippen LogP contribution in [0.25, 0.3) is 0 Å². The second kappa shape index (κ2) is 6.09. The fraction of sp³-hybridized carbons (Fsp3) is 0.917. The third kappa shape index (κ3) is 11.3. The summed E-state index contributed by atoms with van der Waals surface area (Å²) in [6.07, 6.45) is 0.555. The largest absolute Gasteiger partial charge is 0.444 e. The van der Waals surface area contributed by atoms with Crippen molar-refractivity contribution >= 4 is 6.09 Å². The summed E-state index contributed by atoms with van der Waals surface area (Å²) >= 11 is 0. The molecular weight excluding hydrogens is 204 g/mol. The number of amides is 1. The van der Waals surface area contributed by atoms with Gasteiger partial charge in [-0.15, -0.1) is 0 Å². The van der Waals surface area contributed by atoms with Crippen LogP contribution in [0.15, 0.2) is 0 Å². The molecule has 0 aromatic rings. The molecule has 0 heterocycles. The van der Waals surface area contributed by atoms with Crippen LogP contribution in [0.2, 0.25) is 0 Å². The molecule has 0 aliphatic heterocycles. The van der Waals surface area contributed by atoms with Gasteiger partial charge in [-0.25, -0.2) is 4.79 Å². The number of rotatable bonds is 4. The highest BCUT2D eigenvalue weighted by Gasteiger charge is 2.15. The third-order valence-corrected chi connectivity index (χ3v) is 1.68. The Morgan fingerprint density at radius 2 is 1.62 bits per heavy atom. The van der Waals surface area contributed by atoms with Crippen molar-refractivity contribution < 1.29 is 9.53 Å². The van der Waals surface area contributed by atoms with Gasteiger partial charge >= 0.3 is 6.09 Å². The maximum atomic E-state index is 11.3. The van der Waals surface area contributed by atoms with E-state index in [0.29, 0.717) is 6.54 Å². The van der Waals surface area contributed by atoms with Gasteiger partial charge < -0.3 is 15.4 Å². The summed E-state index contributed by atoms with van der Waals surface area (Å²) in [4.78, 5) is 11.3. The van der Waals surface area contributed by atoms with Crippen LogP contribution in [0.5, 0.6) is 0 Å². The van der Waals surface area contributed by atoms with Gasteiger partial charge in [0.1, 0.15) is 5.60 Å². The Hall–Kier alpha value is -0.770. The molecular formula is C12H26N2O2. The average molecular weight is 230 g/mol. The Morgan fingerprint density at radius 3 is 2.06 bits per heavy atom. The molecule has 0 spiro atoms. The van der Waals surface area contributed by atoms with E-state index < -0.39 is 5.60 Å². The third-order valence-electron chi connectivity index (χ3n) is 1.68. The smallest absolute Gasteiger partial charge is 0.407 e. The molecule has 1 amide bonds. The van der Waals surface area contributed by atoms with Crippen LogP contribution in [0.1, 0.15) is 48.0 Å². The Morgan fingerprint density at radius 1 is 1.06 bits per heavy atom. The van der Waals surface area contributed by atoms with Crippen molar-refractivity contribution in [2.24, 2.45) is 0 Å². The fourth-order valence-corrected chi connectivity index (χ4v) is 1.06. The first-order chi connectivity index (χ1) is 7.10. The second-order valence-corrected chi connectivity index (χ2v) is 5.96. The van der Waals surface area contributed by atoms with E-state index in [1.807, 2.05) is 20.8 Å². The molecule has 0 saturated carbocycles. The molecule has 0 radical (unpaired) electrons. The van der Waals surface area contributed by atoms with Crippen LogP contribution in [0.3, 0.4) is 0 Å². The predicted octanol–water partition coefficient (Wildman–Crippen LogP) is 2.29.